The van der Waals surface area contributed by atoms with Gasteiger partial charge in [0, 0.05) is 25.9 Å². The van der Waals surface area contributed by atoms with E-state index in [1.54, 1.807) is 4.90 Å². The molecule has 0 aromatic rings. The molecule has 0 aromatic heterocycles. The van der Waals surface area contributed by atoms with Crippen molar-refractivity contribution in [2.24, 2.45) is 5.41 Å². The van der Waals surface area contributed by atoms with Crippen LogP contribution < -0.4 is 0 Å². The molecule has 1 saturated heterocycles. The zero-order chi connectivity index (χ0) is 13.9. The summed E-state index contributed by atoms with van der Waals surface area (Å²) in [6.45, 7) is 5.90. The molecule has 4 heteroatoms. The van der Waals surface area contributed by atoms with Gasteiger partial charge in [-0.2, -0.15) is 0 Å². The highest BCUT2D eigenvalue weighted by Gasteiger charge is 2.28. The summed E-state index contributed by atoms with van der Waals surface area (Å²) in [6, 6.07) is 0. The number of hydrogen-bond acceptors (Lipinski definition) is 3. The molecule has 2 aliphatic rings. The Morgan fingerprint density at radius 2 is 1.84 bits per heavy atom. The van der Waals surface area contributed by atoms with Gasteiger partial charge in [0.05, 0.1) is 6.10 Å². The maximum absolute atomic E-state index is 12.0. The lowest BCUT2D eigenvalue weighted by Gasteiger charge is -2.34. The van der Waals surface area contributed by atoms with Crippen LogP contribution in [-0.2, 0) is 14.3 Å². The van der Waals surface area contributed by atoms with Gasteiger partial charge in [0.15, 0.2) is 0 Å². The Hall–Kier alpha value is -0.900. The van der Waals surface area contributed by atoms with Crippen LogP contribution in [0, 0.1) is 5.41 Å². The number of ketones is 1. The normalized spacial score (nSPS) is 24.5. The highest BCUT2D eigenvalue weighted by molar-refractivity contribution is 5.83. The first-order valence-electron chi connectivity index (χ1n) is 7.37. The first-order valence-corrected chi connectivity index (χ1v) is 7.37. The van der Waals surface area contributed by atoms with Crippen LogP contribution in [0.3, 0.4) is 0 Å². The lowest BCUT2D eigenvalue weighted by Crippen LogP contribution is -2.41. The maximum atomic E-state index is 12.0. The number of amides is 1. The zero-order valence-electron chi connectivity index (χ0n) is 12.1. The minimum atomic E-state index is 0.0392. The number of piperidine rings is 1. The summed E-state index contributed by atoms with van der Waals surface area (Å²) < 4.78 is 5.74. The van der Waals surface area contributed by atoms with Crippen molar-refractivity contribution in [1.82, 2.24) is 4.90 Å². The average Bonchev–Trinajstić information content (AvgIpc) is 2.38. The molecular weight excluding hydrogens is 242 g/mol. The third kappa shape index (κ3) is 4.30. The van der Waals surface area contributed by atoms with E-state index in [0.29, 0.717) is 31.3 Å². The topological polar surface area (TPSA) is 46.6 Å². The number of carbonyl (C=O) groups is 2. The summed E-state index contributed by atoms with van der Waals surface area (Å²) in [5.41, 5.74) is 0.428. The van der Waals surface area contributed by atoms with Crippen molar-refractivity contribution >= 4 is 11.7 Å². The minimum Gasteiger partial charge on any atom is -0.368 e. The molecule has 1 amide bonds. The van der Waals surface area contributed by atoms with Crippen LogP contribution in [0.2, 0.25) is 0 Å². The quantitative estimate of drug-likeness (QED) is 0.787. The summed E-state index contributed by atoms with van der Waals surface area (Å²) >= 11 is 0. The summed E-state index contributed by atoms with van der Waals surface area (Å²) in [7, 11) is 0. The van der Waals surface area contributed by atoms with Crippen molar-refractivity contribution < 1.29 is 14.3 Å². The van der Waals surface area contributed by atoms with E-state index in [4.69, 9.17) is 4.74 Å². The van der Waals surface area contributed by atoms with E-state index in [-0.39, 0.29) is 24.4 Å². The Kier molecular flexibility index (Phi) is 4.61. The lowest BCUT2D eigenvalue weighted by molar-refractivity contribution is -0.141. The Bertz CT molecular complexity index is 331. The molecule has 19 heavy (non-hydrogen) atoms. The summed E-state index contributed by atoms with van der Waals surface area (Å²) in [4.78, 5) is 24.9. The lowest BCUT2D eigenvalue weighted by atomic mass is 9.76. The first kappa shape index (κ1) is 14.5. The maximum Gasteiger partial charge on any atom is 0.248 e. The molecule has 0 spiro atoms. The van der Waals surface area contributed by atoms with Gasteiger partial charge < -0.3 is 9.64 Å². The summed E-state index contributed by atoms with van der Waals surface area (Å²) in [6.07, 6.45) is 5.70. The molecule has 0 bridgehead atoms. The van der Waals surface area contributed by atoms with Crippen molar-refractivity contribution in [3.8, 4) is 0 Å². The van der Waals surface area contributed by atoms with Crippen molar-refractivity contribution in [2.45, 2.75) is 58.5 Å². The highest BCUT2D eigenvalue weighted by atomic mass is 16.5. The predicted octanol–water partition coefficient (Wildman–Crippen LogP) is 2.16. The molecule has 2 fully saturated rings. The van der Waals surface area contributed by atoms with Gasteiger partial charge in [-0.25, -0.2) is 0 Å². The smallest absolute Gasteiger partial charge is 0.248 e. The van der Waals surface area contributed by atoms with E-state index < -0.39 is 0 Å². The van der Waals surface area contributed by atoms with Gasteiger partial charge in [0.1, 0.15) is 12.4 Å². The Labute approximate surface area is 115 Å². The van der Waals surface area contributed by atoms with Crippen LogP contribution in [-0.4, -0.2) is 42.4 Å². The molecule has 0 N–H and O–H groups in total. The van der Waals surface area contributed by atoms with Gasteiger partial charge >= 0.3 is 0 Å². The fraction of sp³-hybridized carbons (Fsp3) is 0.867. The first-order chi connectivity index (χ1) is 8.96. The number of Topliss-reactive ketones (excluding diaryl/α,β-unsaturated/α-hetero) is 1. The number of rotatable bonds is 3. The Morgan fingerprint density at radius 3 is 2.42 bits per heavy atom. The fourth-order valence-electron chi connectivity index (χ4n) is 2.83. The monoisotopic (exact) mass is 267 g/mol. The zero-order valence-corrected chi connectivity index (χ0v) is 12.1. The van der Waals surface area contributed by atoms with E-state index in [1.807, 2.05) is 0 Å². The van der Waals surface area contributed by atoms with Crippen LogP contribution in [0.25, 0.3) is 0 Å². The second-order valence-corrected chi connectivity index (χ2v) is 6.59. The molecule has 108 valence electrons. The molecule has 0 radical (unpaired) electrons. The average molecular weight is 267 g/mol. The summed E-state index contributed by atoms with van der Waals surface area (Å²) in [5.74, 6) is 0.303. The van der Waals surface area contributed by atoms with Gasteiger partial charge in [-0.3, -0.25) is 9.59 Å². The van der Waals surface area contributed by atoms with Crippen LogP contribution in [0.15, 0.2) is 0 Å². The highest BCUT2D eigenvalue weighted by Crippen LogP contribution is 2.36. The summed E-state index contributed by atoms with van der Waals surface area (Å²) in [5, 5.41) is 0. The van der Waals surface area contributed by atoms with Gasteiger partial charge in [0.2, 0.25) is 5.91 Å². The van der Waals surface area contributed by atoms with Gasteiger partial charge in [-0.05, 0) is 31.1 Å². The molecule has 1 saturated carbocycles. The minimum absolute atomic E-state index is 0.0392. The predicted molar refractivity (Wildman–Crippen MR) is 72.8 cm³/mol. The standard InChI is InChI=1S/C15H25NO3/c1-15(2)7-3-13(4-8-15)19-11-14(18)16-9-5-12(17)6-10-16/h13H,3-11H2,1-2H3. The van der Waals surface area contributed by atoms with E-state index in [9.17, 15) is 9.59 Å². The third-order valence-electron chi connectivity index (χ3n) is 4.40. The SMILES string of the molecule is CC1(C)CCC(OCC(=O)N2CCC(=O)CC2)CC1. The van der Waals surface area contributed by atoms with Crippen molar-refractivity contribution in [3.05, 3.63) is 0 Å². The van der Waals surface area contributed by atoms with Crippen LogP contribution in [0.4, 0.5) is 0 Å². The van der Waals surface area contributed by atoms with E-state index >= 15 is 0 Å². The Morgan fingerprint density at radius 1 is 1.26 bits per heavy atom. The molecular formula is C15H25NO3. The molecule has 0 atom stereocenters. The largest absolute Gasteiger partial charge is 0.368 e. The van der Waals surface area contributed by atoms with Crippen LogP contribution in [0.5, 0.6) is 0 Å². The van der Waals surface area contributed by atoms with Gasteiger partial charge in [0.25, 0.3) is 0 Å². The van der Waals surface area contributed by atoms with Crippen molar-refractivity contribution in [2.75, 3.05) is 19.7 Å². The second kappa shape index (κ2) is 6.04. The number of carbonyl (C=O) groups excluding carboxylic acids is 2. The van der Waals surface area contributed by atoms with Crippen LogP contribution >= 0.6 is 0 Å². The fourth-order valence-corrected chi connectivity index (χ4v) is 2.83. The molecule has 4 nitrogen and oxygen atoms in total. The molecule has 0 unspecified atom stereocenters. The van der Waals surface area contributed by atoms with Gasteiger partial charge in [-0.1, -0.05) is 13.8 Å². The van der Waals surface area contributed by atoms with Crippen molar-refractivity contribution in [1.29, 1.82) is 0 Å². The third-order valence-corrected chi connectivity index (χ3v) is 4.40. The molecule has 1 aliphatic heterocycles. The van der Waals surface area contributed by atoms with Gasteiger partial charge in [-0.15, -0.1) is 0 Å². The Balaban J connectivity index is 1.68. The second-order valence-electron chi connectivity index (χ2n) is 6.59. The molecule has 0 aromatic carbocycles. The van der Waals surface area contributed by atoms with E-state index in [0.717, 1.165) is 12.8 Å². The van der Waals surface area contributed by atoms with E-state index in [2.05, 4.69) is 13.8 Å². The molecule has 2 rings (SSSR count). The number of ether oxygens (including phenoxy) is 1. The number of nitrogens with zero attached hydrogens (tertiary/aromatic N) is 1. The van der Waals surface area contributed by atoms with Crippen molar-refractivity contribution in [3.63, 3.8) is 0 Å². The van der Waals surface area contributed by atoms with E-state index in [1.165, 1.54) is 12.8 Å². The number of likely N-dealkylation sites (tertiary alicyclic amines) is 1. The number of hydrogen-bond donors (Lipinski definition) is 0. The van der Waals surface area contributed by atoms with Crippen LogP contribution in [0.1, 0.15) is 52.4 Å². The molecule has 1 heterocycles. The molecule has 1 aliphatic carbocycles.